The van der Waals surface area contributed by atoms with Crippen LogP contribution in [-0.2, 0) is 4.79 Å². The number of piperidine rings is 1. The van der Waals surface area contributed by atoms with Crippen molar-refractivity contribution in [2.45, 2.75) is 26.7 Å². The average molecular weight is 367 g/mol. The lowest BCUT2D eigenvalue weighted by Gasteiger charge is -2.32. The van der Waals surface area contributed by atoms with Crippen LogP contribution in [0.15, 0.2) is 24.4 Å². The van der Waals surface area contributed by atoms with Gasteiger partial charge in [0.15, 0.2) is 0 Å². The summed E-state index contributed by atoms with van der Waals surface area (Å²) in [6.45, 7) is 5.28. The van der Waals surface area contributed by atoms with E-state index in [1.807, 2.05) is 32.0 Å². The molecule has 27 heavy (non-hydrogen) atoms. The van der Waals surface area contributed by atoms with Crippen molar-refractivity contribution in [2.75, 3.05) is 23.3 Å². The number of H-pyrrole nitrogens is 1. The number of aromatic nitrogens is 7. The second kappa shape index (κ2) is 7.14. The Hall–Kier alpha value is -3.30. The lowest BCUT2D eigenvalue weighted by molar-refractivity contribution is -0.120. The van der Waals surface area contributed by atoms with Crippen molar-refractivity contribution in [3.63, 3.8) is 0 Å². The van der Waals surface area contributed by atoms with Crippen LogP contribution in [0.25, 0.3) is 5.95 Å². The molecule has 1 atom stereocenters. The summed E-state index contributed by atoms with van der Waals surface area (Å²) in [5.41, 5.74) is 2.17. The third-order valence-corrected chi connectivity index (χ3v) is 4.83. The summed E-state index contributed by atoms with van der Waals surface area (Å²) < 4.78 is 1.56. The summed E-state index contributed by atoms with van der Waals surface area (Å²) in [6, 6.07) is 5.83. The van der Waals surface area contributed by atoms with Crippen molar-refractivity contribution in [2.24, 2.45) is 5.92 Å². The first-order valence-electron chi connectivity index (χ1n) is 8.90. The normalized spacial score (nSPS) is 17.1. The molecule has 1 amide bonds. The summed E-state index contributed by atoms with van der Waals surface area (Å²) in [6.07, 6.45) is 3.58. The molecule has 4 rings (SSSR count). The van der Waals surface area contributed by atoms with Gasteiger partial charge >= 0.3 is 0 Å². The molecule has 0 radical (unpaired) electrons. The van der Waals surface area contributed by atoms with Gasteiger partial charge in [-0.1, -0.05) is 11.2 Å². The van der Waals surface area contributed by atoms with E-state index in [0.29, 0.717) is 23.9 Å². The van der Waals surface area contributed by atoms with Crippen molar-refractivity contribution in [3.05, 3.63) is 35.8 Å². The van der Waals surface area contributed by atoms with Crippen LogP contribution in [0.4, 0.5) is 11.5 Å². The van der Waals surface area contributed by atoms with Crippen LogP contribution in [0.2, 0.25) is 0 Å². The number of tetrazole rings is 1. The number of pyridine rings is 1. The molecule has 0 bridgehead atoms. The highest BCUT2D eigenvalue weighted by molar-refractivity contribution is 5.94. The van der Waals surface area contributed by atoms with E-state index >= 15 is 0 Å². The Kier molecular flexibility index (Phi) is 4.53. The van der Waals surface area contributed by atoms with E-state index in [-0.39, 0.29) is 11.8 Å². The van der Waals surface area contributed by atoms with Crippen molar-refractivity contribution >= 4 is 17.4 Å². The fourth-order valence-corrected chi connectivity index (χ4v) is 3.43. The fourth-order valence-electron chi connectivity index (χ4n) is 3.43. The van der Waals surface area contributed by atoms with E-state index in [4.69, 9.17) is 0 Å². The number of hydrogen-bond acceptors (Lipinski definition) is 7. The minimum Gasteiger partial charge on any atom is -0.356 e. The topological polar surface area (TPSA) is 118 Å². The Balaban J connectivity index is 1.49. The van der Waals surface area contributed by atoms with Crippen LogP contribution in [0.1, 0.15) is 24.2 Å². The van der Waals surface area contributed by atoms with Crippen LogP contribution in [0.3, 0.4) is 0 Å². The van der Waals surface area contributed by atoms with Gasteiger partial charge in [-0.15, -0.1) is 5.10 Å². The first-order valence-corrected chi connectivity index (χ1v) is 8.90. The molecule has 10 heteroatoms. The zero-order valence-electron chi connectivity index (χ0n) is 15.3. The van der Waals surface area contributed by atoms with Crippen LogP contribution >= 0.6 is 0 Å². The van der Waals surface area contributed by atoms with Gasteiger partial charge in [-0.2, -0.15) is 15.0 Å². The lowest BCUT2D eigenvalue weighted by Crippen LogP contribution is -2.41. The van der Waals surface area contributed by atoms with Crippen molar-refractivity contribution in [1.29, 1.82) is 0 Å². The molecular formula is C17H21N9O. The third-order valence-electron chi connectivity index (χ3n) is 4.83. The molecule has 1 aliphatic rings. The Morgan fingerprint density at radius 3 is 2.96 bits per heavy atom. The molecule has 1 unspecified atom stereocenters. The number of hydrogen-bond donors (Lipinski definition) is 2. The molecule has 140 valence electrons. The number of nitrogens with zero attached hydrogens (tertiary/aromatic N) is 7. The number of carbonyl (C=O) groups excluding carboxylic acids is 1. The fraction of sp³-hybridized carbons (Fsp3) is 0.412. The minimum atomic E-state index is -0.104. The van der Waals surface area contributed by atoms with Gasteiger partial charge in [-0.3, -0.25) is 4.79 Å². The maximum atomic E-state index is 12.9. The average Bonchev–Trinajstić information content (AvgIpc) is 3.33. The van der Waals surface area contributed by atoms with Crippen molar-refractivity contribution in [3.8, 4) is 5.95 Å². The summed E-state index contributed by atoms with van der Waals surface area (Å²) in [4.78, 5) is 19.5. The van der Waals surface area contributed by atoms with Gasteiger partial charge in [0, 0.05) is 19.3 Å². The first-order chi connectivity index (χ1) is 13.1. The summed E-state index contributed by atoms with van der Waals surface area (Å²) in [5.74, 6) is 1.14. The number of carbonyl (C=O) groups is 1. The van der Waals surface area contributed by atoms with E-state index in [1.54, 1.807) is 10.9 Å². The number of aromatic amines is 1. The molecule has 3 aromatic rings. The van der Waals surface area contributed by atoms with E-state index in [9.17, 15) is 4.79 Å². The first kappa shape index (κ1) is 17.1. The minimum absolute atomic E-state index is 0.00510. The van der Waals surface area contributed by atoms with Gasteiger partial charge in [0.25, 0.3) is 5.95 Å². The van der Waals surface area contributed by atoms with E-state index < -0.39 is 0 Å². The molecule has 10 nitrogen and oxygen atoms in total. The summed E-state index contributed by atoms with van der Waals surface area (Å²) in [7, 11) is 0. The van der Waals surface area contributed by atoms with Crippen LogP contribution < -0.4 is 10.2 Å². The molecule has 0 saturated carbocycles. The number of nitrogens with one attached hydrogen (secondary N) is 2. The zero-order chi connectivity index (χ0) is 18.8. The Morgan fingerprint density at radius 2 is 2.22 bits per heavy atom. The molecule has 3 aromatic heterocycles. The molecular weight excluding hydrogens is 346 g/mol. The van der Waals surface area contributed by atoms with Crippen LogP contribution in [-0.4, -0.2) is 54.4 Å². The second-order valence-electron chi connectivity index (χ2n) is 6.63. The Morgan fingerprint density at radius 1 is 1.33 bits per heavy atom. The van der Waals surface area contributed by atoms with E-state index in [2.05, 4.69) is 40.9 Å². The van der Waals surface area contributed by atoms with Gasteiger partial charge < -0.3 is 10.2 Å². The van der Waals surface area contributed by atoms with Gasteiger partial charge in [0.05, 0.1) is 23.0 Å². The summed E-state index contributed by atoms with van der Waals surface area (Å²) >= 11 is 0. The van der Waals surface area contributed by atoms with Crippen molar-refractivity contribution < 1.29 is 4.79 Å². The quantitative estimate of drug-likeness (QED) is 0.712. The Labute approximate surface area is 156 Å². The maximum absolute atomic E-state index is 12.9. The SMILES string of the molecule is Cc1nn(-c2nn[nH]n2)c(C)c1NC(=O)C1CCCN(c2ccccn2)C1. The van der Waals surface area contributed by atoms with Gasteiger partial charge in [0.1, 0.15) is 5.82 Å². The largest absolute Gasteiger partial charge is 0.356 e. The van der Waals surface area contributed by atoms with E-state index in [0.717, 1.165) is 30.9 Å². The zero-order valence-corrected chi connectivity index (χ0v) is 15.3. The monoisotopic (exact) mass is 367 g/mol. The van der Waals surface area contributed by atoms with Gasteiger partial charge in [-0.25, -0.2) is 4.98 Å². The maximum Gasteiger partial charge on any atom is 0.290 e. The molecule has 0 aromatic carbocycles. The molecule has 4 heterocycles. The highest BCUT2D eigenvalue weighted by Crippen LogP contribution is 2.25. The molecule has 0 spiro atoms. The van der Waals surface area contributed by atoms with Gasteiger partial charge in [0.2, 0.25) is 5.91 Å². The standard InChI is InChI=1S/C17H21N9O/c1-11-15(12(2)26(22-11)17-20-23-24-21-17)19-16(27)13-6-5-9-25(10-13)14-7-3-4-8-18-14/h3-4,7-8,13H,5-6,9-10H2,1-2H3,(H,19,27)(H,20,21,23,24). The highest BCUT2D eigenvalue weighted by atomic mass is 16.2. The number of anilines is 2. The Bertz CT molecular complexity index is 920. The van der Waals surface area contributed by atoms with Crippen molar-refractivity contribution in [1.82, 2.24) is 35.4 Å². The highest BCUT2D eigenvalue weighted by Gasteiger charge is 2.28. The lowest BCUT2D eigenvalue weighted by atomic mass is 9.97. The van der Waals surface area contributed by atoms with Crippen LogP contribution in [0.5, 0.6) is 0 Å². The molecule has 2 N–H and O–H groups in total. The second-order valence-corrected chi connectivity index (χ2v) is 6.63. The molecule has 1 aliphatic heterocycles. The molecule has 1 fully saturated rings. The van der Waals surface area contributed by atoms with Gasteiger partial charge in [-0.05, 0) is 44.0 Å². The van der Waals surface area contributed by atoms with Crippen LogP contribution in [0, 0.1) is 19.8 Å². The van der Waals surface area contributed by atoms with E-state index in [1.165, 1.54) is 0 Å². The predicted octanol–water partition coefficient (Wildman–Crippen LogP) is 1.25. The molecule has 0 aliphatic carbocycles. The number of aryl methyl sites for hydroxylation is 1. The third kappa shape index (κ3) is 3.37. The smallest absolute Gasteiger partial charge is 0.290 e. The number of rotatable bonds is 4. The predicted molar refractivity (Wildman–Crippen MR) is 98.6 cm³/mol. The number of amides is 1. The molecule has 1 saturated heterocycles. The summed E-state index contributed by atoms with van der Waals surface area (Å²) in [5, 5.41) is 21.3.